The molecular formula is C16H24. The van der Waals surface area contributed by atoms with Crippen LogP contribution in [0.4, 0.5) is 0 Å². The Morgan fingerprint density at radius 3 is 2.19 bits per heavy atom. The summed E-state index contributed by atoms with van der Waals surface area (Å²) >= 11 is 0. The Morgan fingerprint density at radius 1 is 1.06 bits per heavy atom. The number of aryl methyl sites for hydroxylation is 4. The molecule has 0 saturated carbocycles. The largest absolute Gasteiger partial charge is 0.0613 e. The summed E-state index contributed by atoms with van der Waals surface area (Å²) < 4.78 is 0. The maximum atomic E-state index is 2.46. The molecule has 0 saturated heterocycles. The van der Waals surface area contributed by atoms with Crippen LogP contribution in [0.2, 0.25) is 0 Å². The third-order valence-corrected chi connectivity index (χ3v) is 4.18. The van der Waals surface area contributed by atoms with E-state index in [1.54, 1.807) is 16.7 Å². The molecule has 0 spiro atoms. The minimum atomic E-state index is 0.527. The third kappa shape index (κ3) is 2.31. The Bertz CT molecular complexity index is 385. The first-order chi connectivity index (χ1) is 7.52. The molecule has 1 aromatic rings. The van der Waals surface area contributed by atoms with Crippen molar-refractivity contribution in [3.8, 4) is 0 Å². The molecule has 88 valence electrons. The molecule has 2 rings (SSSR count). The second-order valence-corrected chi connectivity index (χ2v) is 6.07. The van der Waals surface area contributed by atoms with Gasteiger partial charge in [-0.2, -0.15) is 0 Å². The van der Waals surface area contributed by atoms with Crippen LogP contribution in [0.3, 0.4) is 0 Å². The summed E-state index contributed by atoms with van der Waals surface area (Å²) in [6.07, 6.45) is 6.39. The zero-order valence-electron chi connectivity index (χ0n) is 11.2. The predicted molar refractivity (Wildman–Crippen MR) is 71.0 cm³/mol. The molecule has 1 aliphatic rings. The molecule has 0 radical (unpaired) electrons. The molecule has 0 bridgehead atoms. The van der Waals surface area contributed by atoms with Gasteiger partial charge in [0.15, 0.2) is 0 Å². The SMILES string of the molecule is CCc1cc2c(cc1C)CCC(C)(C)CC2. The quantitative estimate of drug-likeness (QED) is 0.608. The zero-order valence-corrected chi connectivity index (χ0v) is 11.2. The molecule has 1 aromatic carbocycles. The molecule has 16 heavy (non-hydrogen) atoms. The summed E-state index contributed by atoms with van der Waals surface area (Å²) in [6, 6.07) is 4.90. The predicted octanol–water partition coefficient (Wildman–Crippen LogP) is 4.46. The normalized spacial score (nSPS) is 19.0. The molecule has 0 nitrogen and oxygen atoms in total. The van der Waals surface area contributed by atoms with Crippen molar-refractivity contribution < 1.29 is 0 Å². The summed E-state index contributed by atoms with van der Waals surface area (Å²) in [7, 11) is 0. The number of rotatable bonds is 1. The van der Waals surface area contributed by atoms with Crippen molar-refractivity contribution in [3.63, 3.8) is 0 Å². The average molecular weight is 216 g/mol. The number of benzene rings is 1. The Hall–Kier alpha value is -0.780. The molecule has 1 aliphatic carbocycles. The number of hydrogen-bond acceptors (Lipinski definition) is 0. The zero-order chi connectivity index (χ0) is 11.8. The highest BCUT2D eigenvalue weighted by atomic mass is 14.3. The molecule has 0 fully saturated rings. The lowest BCUT2D eigenvalue weighted by Crippen LogP contribution is -2.10. The Kier molecular flexibility index (Phi) is 3.10. The molecule has 0 unspecified atom stereocenters. The van der Waals surface area contributed by atoms with E-state index in [0.717, 1.165) is 0 Å². The van der Waals surface area contributed by atoms with Crippen LogP contribution in [-0.4, -0.2) is 0 Å². The van der Waals surface area contributed by atoms with Crippen LogP contribution in [0.1, 0.15) is 55.9 Å². The minimum absolute atomic E-state index is 0.527. The van der Waals surface area contributed by atoms with Gasteiger partial charge in [-0.25, -0.2) is 0 Å². The summed E-state index contributed by atoms with van der Waals surface area (Å²) in [4.78, 5) is 0. The molecular weight excluding hydrogens is 192 g/mol. The van der Waals surface area contributed by atoms with Gasteiger partial charge in [-0.05, 0) is 66.7 Å². The molecule has 0 aromatic heterocycles. The summed E-state index contributed by atoms with van der Waals surface area (Å²) in [5, 5.41) is 0. The van der Waals surface area contributed by atoms with Crippen LogP contribution >= 0.6 is 0 Å². The summed E-state index contributed by atoms with van der Waals surface area (Å²) in [5.74, 6) is 0. The van der Waals surface area contributed by atoms with Gasteiger partial charge in [-0.15, -0.1) is 0 Å². The van der Waals surface area contributed by atoms with E-state index in [9.17, 15) is 0 Å². The van der Waals surface area contributed by atoms with Crippen LogP contribution in [0.25, 0.3) is 0 Å². The van der Waals surface area contributed by atoms with Gasteiger partial charge in [0.05, 0.1) is 0 Å². The number of hydrogen-bond donors (Lipinski definition) is 0. The topological polar surface area (TPSA) is 0 Å². The molecule has 0 amide bonds. The second-order valence-electron chi connectivity index (χ2n) is 6.07. The molecule has 0 heteroatoms. The standard InChI is InChI=1S/C16H24/c1-5-13-11-15-7-9-16(3,4)8-6-14(15)10-12(13)2/h10-11H,5-9H2,1-4H3. The first-order valence-electron chi connectivity index (χ1n) is 6.63. The Balaban J connectivity index is 2.35. The smallest absolute Gasteiger partial charge is 0.0271 e. The van der Waals surface area contributed by atoms with Gasteiger partial charge in [0.25, 0.3) is 0 Å². The van der Waals surface area contributed by atoms with Gasteiger partial charge in [-0.1, -0.05) is 32.9 Å². The van der Waals surface area contributed by atoms with Crippen molar-refractivity contribution in [1.29, 1.82) is 0 Å². The van der Waals surface area contributed by atoms with Crippen LogP contribution < -0.4 is 0 Å². The van der Waals surface area contributed by atoms with E-state index in [1.165, 1.54) is 37.7 Å². The van der Waals surface area contributed by atoms with Gasteiger partial charge < -0.3 is 0 Å². The van der Waals surface area contributed by atoms with Crippen molar-refractivity contribution in [1.82, 2.24) is 0 Å². The molecule has 0 N–H and O–H groups in total. The molecule has 0 atom stereocenters. The van der Waals surface area contributed by atoms with Gasteiger partial charge >= 0.3 is 0 Å². The van der Waals surface area contributed by atoms with Crippen molar-refractivity contribution in [3.05, 3.63) is 34.4 Å². The fraction of sp³-hybridized carbons (Fsp3) is 0.625. The lowest BCUT2D eigenvalue weighted by atomic mass is 9.85. The van der Waals surface area contributed by atoms with Gasteiger partial charge in [0, 0.05) is 0 Å². The average Bonchev–Trinajstić information content (AvgIpc) is 2.38. The van der Waals surface area contributed by atoms with Gasteiger partial charge in [0.1, 0.15) is 0 Å². The second kappa shape index (κ2) is 4.24. The summed E-state index contributed by atoms with van der Waals surface area (Å²) in [6.45, 7) is 9.34. The first kappa shape index (κ1) is 11.7. The minimum Gasteiger partial charge on any atom is -0.0613 e. The van der Waals surface area contributed by atoms with E-state index >= 15 is 0 Å². The van der Waals surface area contributed by atoms with Crippen LogP contribution in [-0.2, 0) is 19.3 Å². The highest BCUT2D eigenvalue weighted by molar-refractivity contribution is 5.39. The van der Waals surface area contributed by atoms with Crippen molar-refractivity contribution in [2.24, 2.45) is 5.41 Å². The molecule has 0 aliphatic heterocycles. The number of fused-ring (bicyclic) bond motifs is 1. The molecule has 0 heterocycles. The Morgan fingerprint density at radius 2 is 1.62 bits per heavy atom. The van der Waals surface area contributed by atoms with E-state index in [-0.39, 0.29) is 0 Å². The lowest BCUT2D eigenvalue weighted by Gasteiger charge is -2.21. The maximum absolute atomic E-state index is 2.46. The first-order valence-corrected chi connectivity index (χ1v) is 6.63. The van der Waals surface area contributed by atoms with E-state index in [2.05, 4.69) is 39.8 Å². The van der Waals surface area contributed by atoms with Crippen LogP contribution in [0.15, 0.2) is 12.1 Å². The monoisotopic (exact) mass is 216 g/mol. The van der Waals surface area contributed by atoms with Gasteiger partial charge in [-0.3, -0.25) is 0 Å². The van der Waals surface area contributed by atoms with E-state index in [0.29, 0.717) is 5.41 Å². The Labute approximate surface area is 100 Å². The highest BCUT2D eigenvalue weighted by Crippen LogP contribution is 2.34. The fourth-order valence-electron chi connectivity index (χ4n) is 2.78. The summed E-state index contributed by atoms with van der Waals surface area (Å²) in [5.41, 5.74) is 6.78. The van der Waals surface area contributed by atoms with Crippen LogP contribution in [0, 0.1) is 12.3 Å². The van der Waals surface area contributed by atoms with E-state index in [1.807, 2.05) is 0 Å². The van der Waals surface area contributed by atoms with E-state index in [4.69, 9.17) is 0 Å². The van der Waals surface area contributed by atoms with Crippen molar-refractivity contribution in [2.45, 2.75) is 59.8 Å². The maximum Gasteiger partial charge on any atom is -0.0271 e. The van der Waals surface area contributed by atoms with Crippen LogP contribution in [0.5, 0.6) is 0 Å². The lowest BCUT2D eigenvalue weighted by molar-refractivity contribution is 0.317. The highest BCUT2D eigenvalue weighted by Gasteiger charge is 2.22. The van der Waals surface area contributed by atoms with E-state index < -0.39 is 0 Å². The van der Waals surface area contributed by atoms with Crippen molar-refractivity contribution >= 4 is 0 Å². The van der Waals surface area contributed by atoms with Gasteiger partial charge in [0.2, 0.25) is 0 Å². The van der Waals surface area contributed by atoms with Crippen molar-refractivity contribution in [2.75, 3.05) is 0 Å². The third-order valence-electron chi connectivity index (χ3n) is 4.18. The fourth-order valence-corrected chi connectivity index (χ4v) is 2.78.